The van der Waals surface area contributed by atoms with Gasteiger partial charge in [-0.2, -0.15) is 0 Å². The summed E-state index contributed by atoms with van der Waals surface area (Å²) in [7, 11) is 0. The van der Waals surface area contributed by atoms with E-state index >= 15 is 0 Å². The molecule has 1 spiro atoms. The highest BCUT2D eigenvalue weighted by Crippen LogP contribution is 2.66. The number of aliphatic hydroxyl groups excluding tert-OH is 1. The van der Waals surface area contributed by atoms with Gasteiger partial charge >= 0.3 is 5.97 Å². The van der Waals surface area contributed by atoms with Crippen LogP contribution in [-0.4, -0.2) is 68.6 Å². The standard InChI is InChI=1S/C21H34N2O5S/c1-7-28-19(27)14-13-8-9-21(29-13)15(14)18(26)23(12(10-24)11(2)3)16(21)17(25)22-20(4,5)6/h11-16,24H,7-10H2,1-6H3,(H,22,25)/t12-,13+,14-,15-,16?,21?/m0/s1. The summed E-state index contributed by atoms with van der Waals surface area (Å²) in [6.45, 7) is 11.4. The van der Waals surface area contributed by atoms with Gasteiger partial charge in [-0.05, 0) is 46.5 Å². The van der Waals surface area contributed by atoms with Crippen LogP contribution in [-0.2, 0) is 19.1 Å². The Kier molecular flexibility index (Phi) is 6.00. The lowest BCUT2D eigenvalue weighted by molar-refractivity contribution is -0.154. The molecule has 3 aliphatic rings. The van der Waals surface area contributed by atoms with Gasteiger partial charge in [0.2, 0.25) is 11.8 Å². The number of aliphatic hydroxyl groups is 1. The lowest BCUT2D eigenvalue weighted by Crippen LogP contribution is -2.60. The summed E-state index contributed by atoms with van der Waals surface area (Å²) in [4.78, 5) is 41.5. The molecule has 8 heteroatoms. The Hall–Kier alpha value is -1.28. The number of amides is 2. The minimum Gasteiger partial charge on any atom is -0.466 e. The van der Waals surface area contributed by atoms with E-state index in [2.05, 4.69) is 5.32 Å². The van der Waals surface area contributed by atoms with Gasteiger partial charge in [0.25, 0.3) is 0 Å². The average molecular weight is 427 g/mol. The molecule has 7 nitrogen and oxygen atoms in total. The number of likely N-dealkylation sites (tertiary alicyclic amines) is 1. The predicted molar refractivity (Wildman–Crippen MR) is 111 cm³/mol. The Morgan fingerprint density at radius 2 is 2.03 bits per heavy atom. The van der Waals surface area contributed by atoms with E-state index < -0.39 is 34.2 Å². The molecule has 0 saturated carbocycles. The van der Waals surface area contributed by atoms with Crippen molar-refractivity contribution in [3.05, 3.63) is 0 Å². The van der Waals surface area contributed by atoms with Crippen LogP contribution in [0.5, 0.6) is 0 Å². The molecular weight excluding hydrogens is 392 g/mol. The summed E-state index contributed by atoms with van der Waals surface area (Å²) < 4.78 is 4.66. The van der Waals surface area contributed by atoms with Crippen molar-refractivity contribution in [2.24, 2.45) is 17.8 Å². The number of rotatable bonds is 6. The Balaban J connectivity index is 2.07. The largest absolute Gasteiger partial charge is 0.466 e. The van der Waals surface area contributed by atoms with Gasteiger partial charge in [-0.3, -0.25) is 14.4 Å². The number of fused-ring (bicyclic) bond motifs is 1. The Morgan fingerprint density at radius 1 is 1.38 bits per heavy atom. The van der Waals surface area contributed by atoms with Gasteiger partial charge in [-0.25, -0.2) is 0 Å². The molecule has 2 unspecified atom stereocenters. The molecule has 2 N–H and O–H groups in total. The van der Waals surface area contributed by atoms with E-state index in [0.29, 0.717) is 6.42 Å². The van der Waals surface area contributed by atoms with Gasteiger partial charge in [0.1, 0.15) is 6.04 Å². The van der Waals surface area contributed by atoms with Crippen molar-refractivity contribution in [3.8, 4) is 0 Å². The van der Waals surface area contributed by atoms with E-state index in [-0.39, 0.29) is 42.2 Å². The van der Waals surface area contributed by atoms with Crippen LogP contribution in [0.2, 0.25) is 0 Å². The lowest BCUT2D eigenvalue weighted by atomic mass is 9.71. The summed E-state index contributed by atoms with van der Waals surface area (Å²) in [6.07, 6.45) is 1.50. The van der Waals surface area contributed by atoms with Crippen molar-refractivity contribution in [1.29, 1.82) is 0 Å². The number of carbonyl (C=O) groups excluding carboxylic acids is 3. The second-order valence-electron chi connectivity index (χ2n) is 9.79. The number of esters is 1. The van der Waals surface area contributed by atoms with Crippen LogP contribution >= 0.6 is 11.8 Å². The zero-order valence-electron chi connectivity index (χ0n) is 18.2. The maximum atomic E-state index is 13.7. The zero-order valence-corrected chi connectivity index (χ0v) is 19.0. The van der Waals surface area contributed by atoms with Gasteiger partial charge in [0.05, 0.1) is 35.8 Å². The number of ether oxygens (including phenoxy) is 1. The summed E-state index contributed by atoms with van der Waals surface area (Å²) >= 11 is 1.62. The maximum Gasteiger partial charge on any atom is 0.310 e. The Morgan fingerprint density at radius 3 is 2.55 bits per heavy atom. The minimum absolute atomic E-state index is 0.00159. The predicted octanol–water partition coefficient (Wildman–Crippen LogP) is 1.57. The third kappa shape index (κ3) is 3.56. The first kappa shape index (κ1) is 22.4. The highest BCUT2D eigenvalue weighted by Gasteiger charge is 2.74. The molecule has 3 aliphatic heterocycles. The summed E-state index contributed by atoms with van der Waals surface area (Å²) in [5.74, 6) is -1.86. The van der Waals surface area contributed by atoms with Crippen LogP contribution in [0.15, 0.2) is 0 Å². The molecule has 3 heterocycles. The van der Waals surface area contributed by atoms with E-state index in [1.54, 1.807) is 23.6 Å². The number of nitrogens with zero attached hydrogens (tertiary/aromatic N) is 1. The topological polar surface area (TPSA) is 95.9 Å². The van der Waals surface area contributed by atoms with Crippen molar-refractivity contribution >= 4 is 29.5 Å². The quantitative estimate of drug-likeness (QED) is 0.626. The number of hydrogen-bond acceptors (Lipinski definition) is 6. The van der Waals surface area contributed by atoms with E-state index in [1.807, 2.05) is 34.6 Å². The summed E-state index contributed by atoms with van der Waals surface area (Å²) in [5.41, 5.74) is -0.450. The van der Waals surface area contributed by atoms with Crippen molar-refractivity contribution in [3.63, 3.8) is 0 Å². The van der Waals surface area contributed by atoms with E-state index in [0.717, 1.165) is 6.42 Å². The summed E-state index contributed by atoms with van der Waals surface area (Å²) in [5, 5.41) is 13.1. The van der Waals surface area contributed by atoms with Crippen LogP contribution in [0.25, 0.3) is 0 Å². The molecule has 3 rings (SSSR count). The highest BCUT2D eigenvalue weighted by atomic mass is 32.2. The fourth-order valence-electron chi connectivity index (χ4n) is 5.31. The number of carbonyl (C=O) groups is 3. The normalized spacial score (nSPS) is 34.5. The van der Waals surface area contributed by atoms with Gasteiger partial charge in [-0.1, -0.05) is 13.8 Å². The number of thioether (sulfide) groups is 1. The first-order chi connectivity index (χ1) is 13.5. The van der Waals surface area contributed by atoms with Crippen molar-refractivity contribution in [1.82, 2.24) is 10.2 Å². The third-order valence-corrected chi connectivity index (χ3v) is 8.31. The van der Waals surface area contributed by atoms with Gasteiger partial charge in [0, 0.05) is 10.8 Å². The first-order valence-electron chi connectivity index (χ1n) is 10.6. The molecule has 6 atom stereocenters. The first-order valence-corrected chi connectivity index (χ1v) is 11.5. The molecule has 0 aromatic rings. The van der Waals surface area contributed by atoms with Gasteiger partial charge in [-0.15, -0.1) is 11.8 Å². The average Bonchev–Trinajstić information content (AvgIpc) is 3.22. The third-order valence-electron chi connectivity index (χ3n) is 6.36. The minimum atomic E-state index is -0.701. The Bertz CT molecular complexity index is 691. The molecule has 0 aliphatic carbocycles. The monoisotopic (exact) mass is 426 g/mol. The van der Waals surface area contributed by atoms with Crippen LogP contribution in [0.4, 0.5) is 0 Å². The fourth-order valence-corrected chi connectivity index (χ4v) is 7.51. The molecule has 0 radical (unpaired) electrons. The smallest absolute Gasteiger partial charge is 0.310 e. The second kappa shape index (κ2) is 7.76. The highest BCUT2D eigenvalue weighted by molar-refractivity contribution is 8.02. The van der Waals surface area contributed by atoms with Crippen molar-refractivity contribution in [2.75, 3.05) is 13.2 Å². The van der Waals surface area contributed by atoms with E-state index in [4.69, 9.17) is 4.74 Å². The summed E-state index contributed by atoms with van der Waals surface area (Å²) in [6, 6.07) is -1.17. The Labute approximate surface area is 177 Å². The molecule has 3 fully saturated rings. The zero-order chi connectivity index (χ0) is 21.7. The molecule has 2 amide bonds. The fraction of sp³-hybridized carbons (Fsp3) is 0.857. The molecule has 0 aromatic carbocycles. The van der Waals surface area contributed by atoms with Crippen molar-refractivity contribution in [2.45, 2.75) is 82.0 Å². The van der Waals surface area contributed by atoms with Crippen molar-refractivity contribution < 1.29 is 24.2 Å². The van der Waals surface area contributed by atoms with Crippen LogP contribution in [0.1, 0.15) is 54.4 Å². The number of nitrogens with one attached hydrogen (secondary N) is 1. The van der Waals surface area contributed by atoms with Crippen LogP contribution < -0.4 is 5.32 Å². The number of hydrogen-bond donors (Lipinski definition) is 2. The molecule has 164 valence electrons. The van der Waals surface area contributed by atoms with E-state index in [9.17, 15) is 19.5 Å². The lowest BCUT2D eigenvalue weighted by Gasteiger charge is -2.39. The molecule has 3 saturated heterocycles. The van der Waals surface area contributed by atoms with Crippen LogP contribution in [0, 0.1) is 17.8 Å². The van der Waals surface area contributed by atoms with Gasteiger partial charge < -0.3 is 20.1 Å². The van der Waals surface area contributed by atoms with Crippen LogP contribution in [0.3, 0.4) is 0 Å². The van der Waals surface area contributed by atoms with Gasteiger partial charge in [0.15, 0.2) is 0 Å². The molecule has 29 heavy (non-hydrogen) atoms. The molecule has 2 bridgehead atoms. The maximum absolute atomic E-state index is 13.7. The van der Waals surface area contributed by atoms with E-state index in [1.165, 1.54) is 0 Å². The second-order valence-corrected chi connectivity index (χ2v) is 11.4. The molecule has 0 aromatic heterocycles. The molecular formula is C21H34N2O5S. The SMILES string of the molecule is CCOC(=O)[C@@H]1[C@H]2C(=O)N([C@@H](CO)C(C)C)C(C(=O)NC(C)(C)C)C23CC[C@H]1S3.